The Balaban J connectivity index is 1.74. The van der Waals surface area contributed by atoms with Crippen molar-refractivity contribution < 1.29 is 0 Å². The van der Waals surface area contributed by atoms with Crippen molar-refractivity contribution in [1.82, 2.24) is 19.5 Å². The van der Waals surface area contributed by atoms with Gasteiger partial charge in [0.2, 0.25) is 5.95 Å². The topological polar surface area (TPSA) is 99.1 Å². The molecular weight excluding hydrogens is 322 g/mol. The Labute approximate surface area is 145 Å². The zero-order valence-corrected chi connectivity index (χ0v) is 14.7. The number of H-pyrrole nitrogens is 1. The summed E-state index contributed by atoms with van der Waals surface area (Å²) < 4.78 is 1.06. The largest absolute Gasteiger partial charge is 0.354 e. The molecule has 9 nitrogen and oxygen atoms in total. The van der Waals surface area contributed by atoms with Gasteiger partial charge in [-0.2, -0.15) is 4.98 Å². The summed E-state index contributed by atoms with van der Waals surface area (Å²) in [6.45, 7) is 7.62. The lowest BCUT2D eigenvalue weighted by atomic mass is 10.3. The molecule has 2 aromatic heterocycles. The average molecular weight is 345 g/mol. The lowest BCUT2D eigenvalue weighted by Crippen LogP contribution is -2.48. The first-order chi connectivity index (χ1) is 12.0. The van der Waals surface area contributed by atoms with Crippen molar-refractivity contribution >= 4 is 17.6 Å². The molecule has 134 valence electrons. The van der Waals surface area contributed by atoms with Gasteiger partial charge in [-0.15, -0.1) is 0 Å². The van der Waals surface area contributed by atoms with E-state index < -0.39 is 5.69 Å². The summed E-state index contributed by atoms with van der Waals surface area (Å²) >= 11 is 0. The molecule has 0 radical (unpaired) electrons. The number of piperazine rings is 1. The Morgan fingerprint density at radius 1 is 1.12 bits per heavy atom. The van der Waals surface area contributed by atoms with Crippen molar-refractivity contribution in [3.63, 3.8) is 0 Å². The van der Waals surface area contributed by atoms with E-state index in [1.165, 1.54) is 13.1 Å². The highest BCUT2D eigenvalue weighted by Gasteiger charge is 2.20. The van der Waals surface area contributed by atoms with Gasteiger partial charge >= 0.3 is 5.69 Å². The fourth-order valence-electron chi connectivity index (χ4n) is 2.84. The van der Waals surface area contributed by atoms with E-state index in [2.05, 4.69) is 25.2 Å². The van der Waals surface area contributed by atoms with Crippen molar-refractivity contribution in [2.45, 2.75) is 13.8 Å². The van der Waals surface area contributed by atoms with Crippen molar-refractivity contribution in [3.05, 3.63) is 38.7 Å². The van der Waals surface area contributed by atoms with Gasteiger partial charge in [0.1, 0.15) is 11.6 Å². The number of rotatable bonds is 4. The first kappa shape index (κ1) is 17.0. The summed E-state index contributed by atoms with van der Waals surface area (Å²) in [6.07, 6.45) is 0. The van der Waals surface area contributed by atoms with Crippen LogP contribution in [0.3, 0.4) is 0 Å². The monoisotopic (exact) mass is 345 g/mol. The molecule has 0 aromatic carbocycles. The molecule has 1 aliphatic rings. The quantitative estimate of drug-likeness (QED) is 0.800. The lowest BCUT2D eigenvalue weighted by molar-refractivity contribution is 0.634. The Morgan fingerprint density at radius 2 is 1.80 bits per heavy atom. The van der Waals surface area contributed by atoms with E-state index in [-0.39, 0.29) is 5.56 Å². The number of hydrogen-bond donors (Lipinski definition) is 2. The fraction of sp³-hybridized carbons (Fsp3) is 0.500. The van der Waals surface area contributed by atoms with Gasteiger partial charge < -0.3 is 15.1 Å². The maximum atomic E-state index is 11.8. The number of nitrogens with zero attached hydrogens (tertiary/aromatic N) is 5. The fourth-order valence-corrected chi connectivity index (χ4v) is 2.84. The van der Waals surface area contributed by atoms with E-state index in [0.29, 0.717) is 24.9 Å². The van der Waals surface area contributed by atoms with Crippen molar-refractivity contribution in [2.24, 2.45) is 7.05 Å². The van der Waals surface area contributed by atoms with Crippen LogP contribution in [0.25, 0.3) is 0 Å². The van der Waals surface area contributed by atoms with Gasteiger partial charge in [0.25, 0.3) is 5.56 Å². The maximum absolute atomic E-state index is 11.8. The molecule has 0 amide bonds. The Hall–Kier alpha value is -2.84. The summed E-state index contributed by atoms with van der Waals surface area (Å²) in [6, 6.07) is 3.44. The molecule has 0 atom stereocenters. The van der Waals surface area contributed by atoms with Crippen molar-refractivity contribution in [3.8, 4) is 0 Å². The molecule has 1 aliphatic heterocycles. The van der Waals surface area contributed by atoms with Crippen LogP contribution >= 0.6 is 0 Å². The highest BCUT2D eigenvalue weighted by atomic mass is 16.2. The van der Waals surface area contributed by atoms with E-state index in [4.69, 9.17) is 0 Å². The molecule has 9 heteroatoms. The molecule has 1 fully saturated rings. The number of nitrogens with one attached hydrogen (secondary N) is 2. The third-order valence-electron chi connectivity index (χ3n) is 4.25. The van der Waals surface area contributed by atoms with Crippen LogP contribution < -0.4 is 26.4 Å². The van der Waals surface area contributed by atoms with E-state index >= 15 is 0 Å². The highest BCUT2D eigenvalue weighted by molar-refractivity contribution is 5.47. The van der Waals surface area contributed by atoms with Gasteiger partial charge in [0.15, 0.2) is 0 Å². The minimum Gasteiger partial charge on any atom is -0.354 e. The van der Waals surface area contributed by atoms with Crippen LogP contribution in [0, 0.1) is 6.92 Å². The summed E-state index contributed by atoms with van der Waals surface area (Å²) in [5.74, 6) is 2.09. The summed E-state index contributed by atoms with van der Waals surface area (Å²) in [7, 11) is 1.46. The normalized spacial score (nSPS) is 14.7. The first-order valence-electron chi connectivity index (χ1n) is 8.37. The van der Waals surface area contributed by atoms with E-state index in [0.717, 1.165) is 35.7 Å². The van der Waals surface area contributed by atoms with E-state index in [1.807, 2.05) is 24.8 Å². The summed E-state index contributed by atoms with van der Waals surface area (Å²) in [5.41, 5.74) is 0.216. The predicted octanol–water partition coefficient (Wildman–Crippen LogP) is -0.0696. The van der Waals surface area contributed by atoms with Crippen LogP contribution in [0.15, 0.2) is 21.7 Å². The molecule has 3 rings (SSSR count). The number of hydrogen-bond acceptors (Lipinski definition) is 7. The van der Waals surface area contributed by atoms with Crippen LogP contribution in [0.2, 0.25) is 0 Å². The SMILES string of the molecule is CCNc1nc(C)cc(N2CCN(c3cc(=O)n(C)c(=O)[nH]3)CC2)n1. The molecule has 2 N–H and O–H groups in total. The number of aromatic nitrogens is 4. The van der Waals surface area contributed by atoms with Crippen LogP contribution in [-0.4, -0.2) is 52.2 Å². The van der Waals surface area contributed by atoms with E-state index in [1.54, 1.807) is 0 Å². The zero-order valence-electron chi connectivity index (χ0n) is 14.7. The molecule has 0 bridgehead atoms. The molecule has 2 aromatic rings. The van der Waals surface area contributed by atoms with Crippen LogP contribution in [-0.2, 0) is 7.05 Å². The van der Waals surface area contributed by atoms with Crippen molar-refractivity contribution in [2.75, 3.05) is 47.8 Å². The predicted molar refractivity (Wildman–Crippen MR) is 97.7 cm³/mol. The van der Waals surface area contributed by atoms with Crippen molar-refractivity contribution in [1.29, 1.82) is 0 Å². The Morgan fingerprint density at radius 3 is 2.44 bits per heavy atom. The Bertz CT molecular complexity index is 834. The smallest absolute Gasteiger partial charge is 0.329 e. The van der Waals surface area contributed by atoms with Crippen LogP contribution in [0.5, 0.6) is 0 Å². The third-order valence-corrected chi connectivity index (χ3v) is 4.25. The zero-order chi connectivity index (χ0) is 18.0. The molecular formula is C16H23N7O2. The summed E-state index contributed by atoms with van der Waals surface area (Å²) in [5, 5.41) is 3.14. The first-order valence-corrected chi connectivity index (χ1v) is 8.37. The van der Waals surface area contributed by atoms with Gasteiger partial charge in [-0.05, 0) is 13.8 Å². The van der Waals surface area contributed by atoms with Gasteiger partial charge in [0.05, 0.1) is 0 Å². The van der Waals surface area contributed by atoms with Crippen LogP contribution in [0.4, 0.5) is 17.6 Å². The molecule has 0 spiro atoms. The second kappa shape index (κ2) is 6.96. The molecule has 0 unspecified atom stereocenters. The standard InChI is InChI=1S/C16H23N7O2/c1-4-17-15-18-11(2)9-12(19-15)22-5-7-23(8-6-22)13-10-14(24)21(3)16(25)20-13/h9-10H,4-8H2,1-3H3,(H,20,25)(H,17,18,19). The van der Waals surface area contributed by atoms with E-state index in [9.17, 15) is 9.59 Å². The minimum atomic E-state index is -0.397. The average Bonchev–Trinajstić information content (AvgIpc) is 2.59. The van der Waals surface area contributed by atoms with Crippen LogP contribution in [0.1, 0.15) is 12.6 Å². The number of aromatic amines is 1. The minimum absolute atomic E-state index is 0.303. The molecule has 0 saturated carbocycles. The molecule has 1 saturated heterocycles. The second-order valence-corrected chi connectivity index (χ2v) is 6.05. The highest BCUT2D eigenvalue weighted by Crippen LogP contribution is 2.18. The summed E-state index contributed by atoms with van der Waals surface area (Å²) in [4.78, 5) is 39.5. The van der Waals surface area contributed by atoms with Gasteiger partial charge in [-0.1, -0.05) is 0 Å². The molecule has 25 heavy (non-hydrogen) atoms. The molecule has 0 aliphatic carbocycles. The second-order valence-electron chi connectivity index (χ2n) is 6.05. The Kier molecular flexibility index (Phi) is 4.73. The number of anilines is 3. The van der Waals surface area contributed by atoms with Gasteiger partial charge in [-0.3, -0.25) is 14.3 Å². The molecule has 3 heterocycles. The van der Waals surface area contributed by atoms with Gasteiger partial charge in [-0.25, -0.2) is 9.78 Å². The number of aryl methyl sites for hydroxylation is 1. The van der Waals surface area contributed by atoms with Gasteiger partial charge in [0, 0.05) is 57.6 Å². The lowest BCUT2D eigenvalue weighted by Gasteiger charge is -2.36. The third kappa shape index (κ3) is 3.65. The maximum Gasteiger partial charge on any atom is 0.329 e.